The van der Waals surface area contributed by atoms with Crippen LogP contribution in [-0.2, 0) is 14.2 Å². The van der Waals surface area contributed by atoms with E-state index in [2.05, 4.69) is 25.7 Å². The zero-order valence-electron chi connectivity index (χ0n) is 27.9. The molecule has 4 aliphatic heterocycles. The lowest BCUT2D eigenvalue weighted by Crippen LogP contribution is -2.62. The summed E-state index contributed by atoms with van der Waals surface area (Å²) in [4.78, 5) is 28.9. The first-order valence-electron chi connectivity index (χ1n) is 16.8. The molecular formula is C34H45BrF3N5O5. The predicted molar refractivity (Wildman–Crippen MR) is 179 cm³/mol. The molecule has 4 fully saturated rings. The number of hydrogen-bond donors (Lipinski definition) is 0. The van der Waals surface area contributed by atoms with Gasteiger partial charge in [-0.25, -0.2) is 4.79 Å². The van der Waals surface area contributed by atoms with Crippen LogP contribution in [0, 0.1) is 5.41 Å². The lowest BCUT2D eigenvalue weighted by atomic mass is 9.72. The first-order valence-corrected chi connectivity index (χ1v) is 17.6. The standard InChI is InChI=1S/C34H45BrF3N5O5/c1-32(2,3)48-31(44)43-20-33(21-43)9-13-42(14-10-33)29-26-18-23(6-15-46-22-34(36,37)38)27(35)19-28(26)39-30(40-29)47-25-4-11-41(12-5-25)24-7-16-45-17-8-24/h6,15,18-19,24-25H,4-5,7-14,16-17,20-22H2,1-3H3/b15-6+. The third-order valence-electron chi connectivity index (χ3n) is 9.65. The van der Waals surface area contributed by atoms with Crippen LogP contribution in [0.4, 0.5) is 23.8 Å². The number of halogens is 4. The highest BCUT2D eigenvalue weighted by atomic mass is 79.9. The molecule has 5 heterocycles. The summed E-state index contributed by atoms with van der Waals surface area (Å²) in [6, 6.07) is 4.61. The van der Waals surface area contributed by atoms with Crippen molar-refractivity contribution in [1.29, 1.82) is 0 Å². The van der Waals surface area contributed by atoms with E-state index < -0.39 is 18.4 Å². The van der Waals surface area contributed by atoms with Gasteiger partial charge in [0.2, 0.25) is 0 Å². The van der Waals surface area contributed by atoms with Gasteiger partial charge in [0, 0.05) is 73.8 Å². The third-order valence-corrected chi connectivity index (χ3v) is 10.3. The minimum Gasteiger partial charge on any atom is -0.492 e. The Balaban J connectivity index is 1.18. The second kappa shape index (κ2) is 14.2. The van der Waals surface area contributed by atoms with Gasteiger partial charge in [-0.05, 0) is 83.1 Å². The minimum absolute atomic E-state index is 0.00116. The molecule has 48 heavy (non-hydrogen) atoms. The number of hydrogen-bond acceptors (Lipinski definition) is 9. The molecule has 1 aromatic carbocycles. The number of ether oxygens (including phenoxy) is 4. The average molecular weight is 741 g/mol. The Morgan fingerprint density at radius 1 is 1.04 bits per heavy atom. The second-order valence-electron chi connectivity index (χ2n) is 14.5. The minimum atomic E-state index is -4.42. The highest BCUT2D eigenvalue weighted by molar-refractivity contribution is 9.10. The maximum atomic E-state index is 12.6. The zero-order chi connectivity index (χ0) is 34.1. The lowest BCUT2D eigenvalue weighted by Gasteiger charge is -2.53. The van der Waals surface area contributed by atoms with Crippen LogP contribution in [0.25, 0.3) is 17.0 Å². The summed E-state index contributed by atoms with van der Waals surface area (Å²) in [6.07, 6.45) is 3.55. The van der Waals surface area contributed by atoms with Gasteiger partial charge in [0.25, 0.3) is 0 Å². The number of amides is 1. The van der Waals surface area contributed by atoms with E-state index in [0.29, 0.717) is 40.7 Å². The third kappa shape index (κ3) is 8.65. The van der Waals surface area contributed by atoms with Crippen LogP contribution in [0.5, 0.6) is 6.01 Å². The quantitative estimate of drug-likeness (QED) is 0.285. The summed E-state index contributed by atoms with van der Waals surface area (Å²) in [5.41, 5.74) is 0.826. The molecule has 0 bridgehead atoms. The SMILES string of the molecule is CC(C)(C)OC(=O)N1CC2(CCN(c3nc(OC4CCN(C5CCOCC5)CC4)nc4cc(Br)c(/C=C/OCC(F)(F)F)cc34)CC2)C1. The van der Waals surface area contributed by atoms with Crippen molar-refractivity contribution in [2.24, 2.45) is 5.41 Å². The number of rotatable bonds is 7. The molecule has 6 rings (SSSR count). The molecule has 4 saturated heterocycles. The lowest BCUT2D eigenvalue weighted by molar-refractivity contribution is -0.161. The van der Waals surface area contributed by atoms with E-state index in [0.717, 1.165) is 95.4 Å². The van der Waals surface area contributed by atoms with Crippen molar-refractivity contribution in [3.05, 3.63) is 28.4 Å². The Labute approximate surface area is 288 Å². The molecule has 264 valence electrons. The number of carbonyl (C=O) groups is 1. The first-order chi connectivity index (χ1) is 22.8. The number of aromatic nitrogens is 2. The van der Waals surface area contributed by atoms with Gasteiger partial charge >= 0.3 is 18.3 Å². The van der Waals surface area contributed by atoms with E-state index in [1.165, 1.54) is 6.08 Å². The second-order valence-corrected chi connectivity index (χ2v) is 15.3. The Morgan fingerprint density at radius 2 is 1.73 bits per heavy atom. The Kier molecular flexibility index (Phi) is 10.3. The van der Waals surface area contributed by atoms with Gasteiger partial charge in [0.1, 0.15) is 17.5 Å². The number of piperidine rings is 2. The van der Waals surface area contributed by atoms with E-state index in [4.69, 9.17) is 28.9 Å². The van der Waals surface area contributed by atoms with Crippen LogP contribution in [0.3, 0.4) is 0 Å². The molecule has 1 spiro atoms. The maximum Gasteiger partial charge on any atom is 0.422 e. The highest BCUT2D eigenvalue weighted by Crippen LogP contribution is 2.43. The van der Waals surface area contributed by atoms with Crippen molar-refractivity contribution in [2.75, 3.05) is 64.0 Å². The first kappa shape index (κ1) is 35.0. The Bertz CT molecular complexity index is 1470. The largest absolute Gasteiger partial charge is 0.492 e. The highest BCUT2D eigenvalue weighted by Gasteiger charge is 2.48. The van der Waals surface area contributed by atoms with Gasteiger partial charge in [-0.15, -0.1) is 0 Å². The smallest absolute Gasteiger partial charge is 0.422 e. The number of carbonyl (C=O) groups excluding carboxylic acids is 1. The van der Waals surface area contributed by atoms with Gasteiger partial charge in [0.05, 0.1) is 11.8 Å². The summed E-state index contributed by atoms with van der Waals surface area (Å²) >= 11 is 3.56. The topological polar surface area (TPSA) is 89.5 Å². The van der Waals surface area contributed by atoms with Gasteiger partial charge in [0.15, 0.2) is 6.61 Å². The molecule has 0 radical (unpaired) electrons. The molecule has 0 unspecified atom stereocenters. The van der Waals surface area contributed by atoms with Crippen molar-refractivity contribution < 1.29 is 36.9 Å². The summed E-state index contributed by atoms with van der Waals surface area (Å²) in [7, 11) is 0. The van der Waals surface area contributed by atoms with E-state index >= 15 is 0 Å². The number of nitrogens with zero attached hydrogens (tertiary/aromatic N) is 5. The average Bonchev–Trinajstić information content (AvgIpc) is 3.01. The molecule has 1 aromatic heterocycles. The number of benzene rings is 1. The van der Waals surface area contributed by atoms with Crippen LogP contribution < -0.4 is 9.64 Å². The Morgan fingerprint density at radius 3 is 2.38 bits per heavy atom. The van der Waals surface area contributed by atoms with E-state index in [9.17, 15) is 18.0 Å². The fraction of sp³-hybridized carbons (Fsp3) is 0.676. The monoisotopic (exact) mass is 739 g/mol. The molecule has 0 aliphatic carbocycles. The summed E-state index contributed by atoms with van der Waals surface area (Å²) < 4.78 is 60.8. The normalized spacial score (nSPS) is 21.6. The van der Waals surface area contributed by atoms with Crippen LogP contribution in [0.15, 0.2) is 22.9 Å². The van der Waals surface area contributed by atoms with Crippen LogP contribution in [0.1, 0.15) is 64.9 Å². The van der Waals surface area contributed by atoms with Gasteiger partial charge in [-0.1, -0.05) is 15.9 Å². The molecule has 0 N–H and O–H groups in total. The molecule has 14 heteroatoms. The van der Waals surface area contributed by atoms with Crippen molar-refractivity contribution in [1.82, 2.24) is 19.8 Å². The molecule has 2 aromatic rings. The summed E-state index contributed by atoms with van der Waals surface area (Å²) in [5.74, 6) is 0.728. The van der Waals surface area contributed by atoms with Gasteiger partial charge in [-0.3, -0.25) is 4.90 Å². The maximum absolute atomic E-state index is 12.6. The molecular weight excluding hydrogens is 695 g/mol. The fourth-order valence-corrected chi connectivity index (χ4v) is 7.57. The van der Waals surface area contributed by atoms with Crippen molar-refractivity contribution in [2.45, 2.75) is 83.2 Å². The number of likely N-dealkylation sites (tertiary alicyclic amines) is 2. The van der Waals surface area contributed by atoms with Gasteiger partial charge in [-0.2, -0.15) is 23.1 Å². The summed E-state index contributed by atoms with van der Waals surface area (Å²) in [5, 5.41) is 0.773. The van der Waals surface area contributed by atoms with Crippen molar-refractivity contribution in [3.63, 3.8) is 0 Å². The predicted octanol–water partition coefficient (Wildman–Crippen LogP) is 6.80. The van der Waals surface area contributed by atoms with Gasteiger partial charge < -0.3 is 28.7 Å². The van der Waals surface area contributed by atoms with Crippen LogP contribution in [-0.4, -0.2) is 109 Å². The molecule has 0 atom stereocenters. The molecule has 0 saturated carbocycles. The summed E-state index contributed by atoms with van der Waals surface area (Å²) in [6.45, 7) is 10.6. The van der Waals surface area contributed by atoms with E-state index in [1.807, 2.05) is 32.9 Å². The van der Waals surface area contributed by atoms with E-state index in [1.54, 1.807) is 4.90 Å². The number of alkyl halides is 3. The molecule has 1 amide bonds. The van der Waals surface area contributed by atoms with Crippen molar-refractivity contribution >= 4 is 44.8 Å². The van der Waals surface area contributed by atoms with E-state index in [-0.39, 0.29) is 17.6 Å². The van der Waals surface area contributed by atoms with Crippen molar-refractivity contribution in [3.8, 4) is 6.01 Å². The van der Waals surface area contributed by atoms with Crippen LogP contribution in [0.2, 0.25) is 0 Å². The van der Waals surface area contributed by atoms with Crippen LogP contribution >= 0.6 is 15.9 Å². The molecule has 4 aliphatic rings. The fourth-order valence-electron chi connectivity index (χ4n) is 7.10. The number of anilines is 1. The Hall–Kier alpha value is -2.84. The molecule has 10 nitrogen and oxygen atoms in total. The number of fused-ring (bicyclic) bond motifs is 1. The zero-order valence-corrected chi connectivity index (χ0v) is 29.4.